The van der Waals surface area contributed by atoms with Crippen LogP contribution in [0.2, 0.25) is 0 Å². The average Bonchev–Trinajstić information content (AvgIpc) is 2.47. The van der Waals surface area contributed by atoms with Gasteiger partial charge in [0.2, 0.25) is 0 Å². The van der Waals surface area contributed by atoms with Gasteiger partial charge in [-0.05, 0) is 11.8 Å². The molecule has 0 amide bonds. The van der Waals surface area contributed by atoms with Gasteiger partial charge >= 0.3 is 23.1 Å². The van der Waals surface area contributed by atoms with Crippen molar-refractivity contribution in [3.63, 3.8) is 0 Å². The third-order valence-electron chi connectivity index (χ3n) is 1.99. The van der Waals surface area contributed by atoms with E-state index in [1.807, 2.05) is 12.3 Å². The van der Waals surface area contributed by atoms with E-state index in [-0.39, 0.29) is 40.0 Å². The first-order valence-corrected chi connectivity index (χ1v) is 3.91. The van der Waals surface area contributed by atoms with Crippen LogP contribution >= 0.6 is 0 Å². The molecule has 0 saturated carbocycles. The summed E-state index contributed by atoms with van der Waals surface area (Å²) in [4.78, 5) is 4.29. The van der Waals surface area contributed by atoms with Crippen LogP contribution in [-0.2, 0) is 6.42 Å². The molecule has 0 aliphatic carbocycles. The van der Waals surface area contributed by atoms with Gasteiger partial charge in [-0.15, -0.1) is 5.52 Å². The number of benzene rings is 1. The van der Waals surface area contributed by atoms with Gasteiger partial charge in [0, 0.05) is 0 Å². The Hall–Kier alpha value is 0.00623. The van der Waals surface area contributed by atoms with E-state index >= 15 is 0 Å². The molecule has 2 aromatic rings. The maximum atomic E-state index is 4.29. The van der Waals surface area contributed by atoms with Gasteiger partial charge in [-0.2, -0.15) is 6.20 Å². The van der Waals surface area contributed by atoms with Crippen molar-refractivity contribution in [3.05, 3.63) is 36.0 Å². The molecule has 13 heavy (non-hydrogen) atoms. The fourth-order valence-electron chi connectivity index (χ4n) is 1.36. The Kier molecular flexibility index (Phi) is 5.68. The van der Waals surface area contributed by atoms with Crippen molar-refractivity contribution in [2.75, 3.05) is 0 Å². The molecular formula is C10H10BrMgN. The predicted molar refractivity (Wildman–Crippen MR) is 52.4 cm³/mol. The van der Waals surface area contributed by atoms with Gasteiger partial charge in [0.15, 0.2) is 0 Å². The van der Waals surface area contributed by atoms with E-state index in [0.717, 1.165) is 11.9 Å². The van der Waals surface area contributed by atoms with Gasteiger partial charge in [0.25, 0.3) is 0 Å². The number of halogens is 1. The minimum atomic E-state index is 0. The van der Waals surface area contributed by atoms with Gasteiger partial charge in [-0.3, -0.25) is 0 Å². The van der Waals surface area contributed by atoms with E-state index in [9.17, 15) is 0 Å². The molecule has 1 heterocycles. The number of hydrogen-bond donors (Lipinski definition) is 0. The zero-order valence-corrected chi connectivity index (χ0v) is 10.6. The van der Waals surface area contributed by atoms with Crippen molar-refractivity contribution in [3.8, 4) is 0 Å². The number of nitrogens with zero attached hydrogens (tertiary/aromatic N) is 1. The summed E-state index contributed by atoms with van der Waals surface area (Å²) in [6, 6.07) is 8.26. The van der Waals surface area contributed by atoms with Crippen LogP contribution in [-0.4, -0.2) is 23.1 Å². The van der Waals surface area contributed by atoms with Crippen molar-refractivity contribution in [2.24, 2.45) is 0 Å². The number of aryl methyl sites for hydroxylation is 1. The third kappa shape index (κ3) is 2.48. The molecule has 0 spiro atoms. The topological polar surface area (TPSA) is 14.1 Å². The van der Waals surface area contributed by atoms with Gasteiger partial charge in [0.05, 0.1) is 0 Å². The van der Waals surface area contributed by atoms with Crippen molar-refractivity contribution < 1.29 is 17.0 Å². The fraction of sp³-hybridized carbons (Fsp3) is 0.200. The number of aromatic nitrogens is 1. The van der Waals surface area contributed by atoms with Gasteiger partial charge in [0.1, 0.15) is 0 Å². The van der Waals surface area contributed by atoms with Crippen LogP contribution < -0.4 is 22.0 Å². The Balaban J connectivity index is 0.000000720. The largest absolute Gasteiger partial charge is 2.00 e. The molecular weight excluding hydrogens is 238 g/mol. The zero-order chi connectivity index (χ0) is 7.68. The van der Waals surface area contributed by atoms with Crippen LogP contribution in [0.3, 0.4) is 0 Å². The van der Waals surface area contributed by atoms with Crippen molar-refractivity contribution in [1.82, 2.24) is 4.98 Å². The summed E-state index contributed by atoms with van der Waals surface area (Å²) in [5.41, 5.74) is 2.46. The molecule has 0 unspecified atom stereocenters. The smallest absolute Gasteiger partial charge is 1.00 e. The standard InChI is InChI=1S/C10H10N.BrH.Mg/c1-2-8-7-11-10-6-4-3-5-9(8)10;;/h3-7H,2H2,1H3;1H;/q-1;;+2/p-1. The molecule has 2 rings (SSSR count). The molecule has 0 saturated heterocycles. The van der Waals surface area contributed by atoms with Crippen LogP contribution in [0.15, 0.2) is 30.5 Å². The monoisotopic (exact) mass is 247 g/mol. The Morgan fingerprint density at radius 2 is 1.92 bits per heavy atom. The predicted octanol–water partition coefficient (Wildman–Crippen LogP) is -1.02. The molecule has 3 heteroatoms. The van der Waals surface area contributed by atoms with Crippen LogP contribution in [0.1, 0.15) is 12.5 Å². The Morgan fingerprint density at radius 1 is 1.23 bits per heavy atom. The molecule has 0 aliphatic rings. The summed E-state index contributed by atoms with van der Waals surface area (Å²) < 4.78 is 0. The number of para-hydroxylation sites is 1. The van der Waals surface area contributed by atoms with E-state index in [1.54, 1.807) is 0 Å². The van der Waals surface area contributed by atoms with Gasteiger partial charge < -0.3 is 22.0 Å². The summed E-state index contributed by atoms with van der Waals surface area (Å²) >= 11 is 0. The first-order valence-electron chi connectivity index (χ1n) is 3.91. The number of hydrogen-bond acceptors (Lipinski definition) is 0. The molecule has 1 aromatic heterocycles. The van der Waals surface area contributed by atoms with Crippen LogP contribution in [0.25, 0.3) is 10.9 Å². The third-order valence-corrected chi connectivity index (χ3v) is 1.99. The van der Waals surface area contributed by atoms with Crippen LogP contribution in [0, 0.1) is 0 Å². The molecule has 0 aliphatic heterocycles. The first kappa shape index (κ1) is 13.0. The molecule has 64 valence electrons. The minimum absolute atomic E-state index is 0. The maximum Gasteiger partial charge on any atom is 2.00 e. The summed E-state index contributed by atoms with van der Waals surface area (Å²) in [6.45, 7) is 2.16. The Morgan fingerprint density at radius 3 is 2.62 bits per heavy atom. The van der Waals surface area contributed by atoms with Gasteiger partial charge in [-0.1, -0.05) is 36.8 Å². The summed E-state index contributed by atoms with van der Waals surface area (Å²) in [6.07, 6.45) is 3.03. The molecule has 0 N–H and O–H groups in total. The van der Waals surface area contributed by atoms with Crippen molar-refractivity contribution in [2.45, 2.75) is 13.3 Å². The molecule has 1 aromatic carbocycles. The van der Waals surface area contributed by atoms with E-state index < -0.39 is 0 Å². The quantitative estimate of drug-likeness (QED) is 0.590. The number of fused-ring (bicyclic) bond motifs is 1. The van der Waals surface area contributed by atoms with E-state index in [1.165, 1.54) is 10.9 Å². The molecule has 0 fully saturated rings. The van der Waals surface area contributed by atoms with Crippen LogP contribution in [0.5, 0.6) is 0 Å². The SMILES string of the molecule is CCc1c[n-]c2ccccc12.[Br-].[Mg+2]. The second kappa shape index (κ2) is 5.68. The maximum absolute atomic E-state index is 4.29. The normalized spacial score (nSPS) is 9.00. The molecule has 1 nitrogen and oxygen atoms in total. The van der Waals surface area contributed by atoms with Gasteiger partial charge in [-0.25, -0.2) is 0 Å². The van der Waals surface area contributed by atoms with Crippen molar-refractivity contribution in [1.29, 1.82) is 0 Å². The zero-order valence-electron chi connectivity index (χ0n) is 7.63. The summed E-state index contributed by atoms with van der Waals surface area (Å²) in [7, 11) is 0. The van der Waals surface area contributed by atoms with Crippen LogP contribution in [0.4, 0.5) is 0 Å². The minimum Gasteiger partial charge on any atom is -1.00 e. The second-order valence-corrected chi connectivity index (χ2v) is 2.65. The molecule has 0 atom stereocenters. The summed E-state index contributed by atoms with van der Waals surface area (Å²) in [5, 5.41) is 1.30. The average molecular weight is 248 g/mol. The first-order chi connectivity index (χ1) is 5.42. The fourth-order valence-corrected chi connectivity index (χ4v) is 1.36. The Labute approximate surface area is 105 Å². The second-order valence-electron chi connectivity index (χ2n) is 2.65. The molecule has 0 radical (unpaired) electrons. The molecule has 0 bridgehead atoms. The van der Waals surface area contributed by atoms with E-state index in [2.05, 4.69) is 30.1 Å². The number of rotatable bonds is 1. The van der Waals surface area contributed by atoms with E-state index in [0.29, 0.717) is 0 Å². The summed E-state index contributed by atoms with van der Waals surface area (Å²) in [5.74, 6) is 0. The Bertz CT molecular complexity index is 370. The van der Waals surface area contributed by atoms with E-state index in [4.69, 9.17) is 0 Å². The van der Waals surface area contributed by atoms with Crippen molar-refractivity contribution >= 4 is 34.0 Å².